The number of benzene rings is 1. The monoisotopic (exact) mass is 306 g/mol. The molecule has 0 aliphatic heterocycles. The van der Waals surface area contributed by atoms with Gasteiger partial charge in [0.15, 0.2) is 0 Å². The molecule has 112 valence electrons. The Bertz CT molecular complexity index is 451. The van der Waals surface area contributed by atoms with E-state index in [-0.39, 0.29) is 6.61 Å². The maximum atomic E-state index is 11.9. The maximum absolute atomic E-state index is 11.9. The van der Waals surface area contributed by atoms with E-state index >= 15 is 0 Å². The molecular weight excluding hydrogens is 289 g/mol. The fraction of sp³-hybridized carbons (Fsp3) is 0.462. The first-order valence-electron chi connectivity index (χ1n) is 6.00. The van der Waals surface area contributed by atoms with E-state index in [2.05, 4.69) is 4.74 Å². The summed E-state index contributed by atoms with van der Waals surface area (Å²) in [6.07, 6.45) is -4.27. The van der Waals surface area contributed by atoms with Crippen molar-refractivity contribution < 1.29 is 17.9 Å². The second kappa shape index (κ2) is 7.56. The molecule has 1 aromatic rings. The highest BCUT2D eigenvalue weighted by molar-refractivity contribution is 7.80. The van der Waals surface area contributed by atoms with Crippen LogP contribution in [0.5, 0.6) is 0 Å². The largest absolute Gasteiger partial charge is 0.411 e. The molecule has 0 unspecified atom stereocenters. The van der Waals surface area contributed by atoms with Crippen molar-refractivity contribution in [3.63, 3.8) is 0 Å². The van der Waals surface area contributed by atoms with Crippen LogP contribution in [-0.2, 0) is 11.3 Å². The Kier molecular flexibility index (Phi) is 6.38. The van der Waals surface area contributed by atoms with E-state index in [1.165, 1.54) is 0 Å². The predicted molar refractivity (Wildman–Crippen MR) is 75.5 cm³/mol. The molecule has 1 rings (SSSR count). The molecule has 7 heteroatoms. The Labute approximate surface area is 121 Å². The molecule has 0 bridgehead atoms. The molecule has 0 spiro atoms. The maximum Gasteiger partial charge on any atom is 0.411 e. The third kappa shape index (κ3) is 6.83. The van der Waals surface area contributed by atoms with Gasteiger partial charge in [-0.25, -0.2) is 0 Å². The molecule has 0 amide bonds. The van der Waals surface area contributed by atoms with Crippen molar-refractivity contribution in [2.45, 2.75) is 12.7 Å². The molecule has 3 nitrogen and oxygen atoms in total. The second-order valence-electron chi connectivity index (χ2n) is 4.47. The molecule has 1 aromatic carbocycles. The molecule has 0 radical (unpaired) electrons. The van der Waals surface area contributed by atoms with Crippen molar-refractivity contribution in [3.05, 3.63) is 35.4 Å². The third-order valence-electron chi connectivity index (χ3n) is 2.55. The highest BCUT2D eigenvalue weighted by Gasteiger charge is 2.27. The van der Waals surface area contributed by atoms with Crippen LogP contribution in [0.25, 0.3) is 0 Å². The van der Waals surface area contributed by atoms with Crippen molar-refractivity contribution >= 4 is 17.2 Å². The summed E-state index contributed by atoms with van der Waals surface area (Å²) in [7, 11) is 1.81. The number of nitrogens with zero attached hydrogens (tertiary/aromatic N) is 1. The average molecular weight is 306 g/mol. The number of alkyl halides is 3. The van der Waals surface area contributed by atoms with E-state index in [0.29, 0.717) is 18.1 Å². The molecule has 0 atom stereocenters. The topological polar surface area (TPSA) is 38.5 Å². The van der Waals surface area contributed by atoms with E-state index < -0.39 is 12.8 Å². The molecule has 0 heterocycles. The first-order chi connectivity index (χ1) is 9.28. The highest BCUT2D eigenvalue weighted by Crippen LogP contribution is 2.14. The van der Waals surface area contributed by atoms with E-state index in [9.17, 15) is 13.2 Å². The minimum absolute atomic E-state index is 0.0327. The molecule has 0 saturated heterocycles. The molecule has 20 heavy (non-hydrogen) atoms. The highest BCUT2D eigenvalue weighted by atomic mass is 32.1. The lowest BCUT2D eigenvalue weighted by Gasteiger charge is -2.17. The van der Waals surface area contributed by atoms with Crippen LogP contribution < -0.4 is 5.73 Å². The summed E-state index contributed by atoms with van der Waals surface area (Å²) < 4.78 is 40.2. The van der Waals surface area contributed by atoms with Crippen LogP contribution >= 0.6 is 12.2 Å². The summed E-state index contributed by atoms with van der Waals surface area (Å²) in [5.74, 6) is 0. The molecular formula is C13H17F3N2OS. The number of likely N-dealkylation sites (N-methyl/N-ethyl adjacent to an activating group) is 1. The first-order valence-corrected chi connectivity index (χ1v) is 6.40. The number of thiocarbonyl (C=S) groups is 1. The van der Waals surface area contributed by atoms with Gasteiger partial charge in [0.2, 0.25) is 0 Å². The van der Waals surface area contributed by atoms with Crippen molar-refractivity contribution in [2.75, 3.05) is 26.8 Å². The SMILES string of the molecule is CN(CCOCC(F)(F)F)Cc1cccc(C(N)=S)c1. The Balaban J connectivity index is 2.37. The number of hydrogen-bond donors (Lipinski definition) is 1. The Morgan fingerprint density at radius 3 is 2.70 bits per heavy atom. The van der Waals surface area contributed by atoms with Gasteiger partial charge in [-0.3, -0.25) is 4.90 Å². The average Bonchev–Trinajstić information content (AvgIpc) is 2.34. The summed E-state index contributed by atoms with van der Waals surface area (Å²) in [5, 5.41) is 0. The summed E-state index contributed by atoms with van der Waals surface area (Å²) in [4.78, 5) is 2.19. The number of ether oxygens (including phenoxy) is 1. The fourth-order valence-corrected chi connectivity index (χ4v) is 1.75. The van der Waals surface area contributed by atoms with Gasteiger partial charge in [0.05, 0.1) is 6.61 Å². The van der Waals surface area contributed by atoms with E-state index in [1.54, 1.807) is 0 Å². The van der Waals surface area contributed by atoms with Gasteiger partial charge in [-0.2, -0.15) is 13.2 Å². The van der Waals surface area contributed by atoms with Gasteiger partial charge in [0.25, 0.3) is 0 Å². The van der Waals surface area contributed by atoms with Crippen molar-refractivity contribution in [1.82, 2.24) is 4.90 Å². The third-order valence-corrected chi connectivity index (χ3v) is 2.78. The predicted octanol–water partition coefficient (Wildman–Crippen LogP) is 2.33. The van der Waals surface area contributed by atoms with Crippen LogP contribution in [-0.4, -0.2) is 42.9 Å². The van der Waals surface area contributed by atoms with Gasteiger partial charge in [0, 0.05) is 18.7 Å². The van der Waals surface area contributed by atoms with E-state index in [4.69, 9.17) is 18.0 Å². The molecule has 0 aliphatic carbocycles. The summed E-state index contributed by atoms with van der Waals surface area (Å²) >= 11 is 4.89. The fourth-order valence-electron chi connectivity index (χ4n) is 1.62. The number of rotatable bonds is 7. The van der Waals surface area contributed by atoms with Gasteiger partial charge in [-0.05, 0) is 18.7 Å². The van der Waals surface area contributed by atoms with Gasteiger partial charge in [0.1, 0.15) is 11.6 Å². The Hall–Kier alpha value is -1.18. The second-order valence-corrected chi connectivity index (χ2v) is 4.91. The first kappa shape index (κ1) is 16.9. The lowest BCUT2D eigenvalue weighted by molar-refractivity contribution is -0.174. The Morgan fingerprint density at radius 2 is 2.10 bits per heavy atom. The van der Waals surface area contributed by atoms with Gasteiger partial charge < -0.3 is 10.5 Å². The van der Waals surface area contributed by atoms with Crippen LogP contribution in [0.15, 0.2) is 24.3 Å². The van der Waals surface area contributed by atoms with E-state index in [0.717, 1.165) is 11.1 Å². The molecule has 0 aromatic heterocycles. The van der Waals surface area contributed by atoms with Crippen molar-refractivity contribution in [1.29, 1.82) is 0 Å². The van der Waals surface area contributed by atoms with Crippen molar-refractivity contribution in [2.24, 2.45) is 5.73 Å². The summed E-state index contributed by atoms with van der Waals surface area (Å²) in [6.45, 7) is -0.179. The van der Waals surface area contributed by atoms with Crippen LogP contribution in [0, 0.1) is 0 Å². The molecule has 0 saturated carbocycles. The normalized spacial score (nSPS) is 11.8. The molecule has 0 fully saturated rings. The smallest absolute Gasteiger partial charge is 0.389 e. The van der Waals surface area contributed by atoms with Crippen LogP contribution in [0.3, 0.4) is 0 Å². The molecule has 0 aliphatic rings. The number of hydrogen-bond acceptors (Lipinski definition) is 3. The quantitative estimate of drug-likeness (QED) is 0.620. The van der Waals surface area contributed by atoms with Crippen LogP contribution in [0.2, 0.25) is 0 Å². The van der Waals surface area contributed by atoms with Crippen LogP contribution in [0.4, 0.5) is 13.2 Å². The minimum atomic E-state index is -4.27. The zero-order chi connectivity index (χ0) is 15.2. The number of nitrogens with two attached hydrogens (primary N) is 1. The summed E-state index contributed by atoms with van der Waals surface area (Å²) in [5.41, 5.74) is 7.31. The number of halogens is 3. The van der Waals surface area contributed by atoms with Gasteiger partial charge in [-0.15, -0.1) is 0 Å². The lowest BCUT2D eigenvalue weighted by Crippen LogP contribution is -2.25. The van der Waals surface area contributed by atoms with Gasteiger partial charge >= 0.3 is 6.18 Å². The zero-order valence-electron chi connectivity index (χ0n) is 11.1. The van der Waals surface area contributed by atoms with Crippen molar-refractivity contribution in [3.8, 4) is 0 Å². The van der Waals surface area contributed by atoms with Crippen LogP contribution in [0.1, 0.15) is 11.1 Å². The van der Waals surface area contributed by atoms with Gasteiger partial charge in [-0.1, -0.05) is 30.4 Å². The lowest BCUT2D eigenvalue weighted by atomic mass is 10.1. The minimum Gasteiger partial charge on any atom is -0.389 e. The summed E-state index contributed by atoms with van der Waals surface area (Å²) in [6, 6.07) is 7.44. The van der Waals surface area contributed by atoms with E-state index in [1.807, 2.05) is 36.2 Å². The standard InChI is InChI=1S/C13H17F3N2OS/c1-18(5-6-19-9-13(14,15)16)8-10-3-2-4-11(7-10)12(17)20/h2-4,7H,5-6,8-9H2,1H3,(H2,17,20). The molecule has 2 N–H and O–H groups in total. The Morgan fingerprint density at radius 1 is 1.40 bits per heavy atom. The zero-order valence-corrected chi connectivity index (χ0v) is 11.9.